The number of aromatic nitrogens is 5. The van der Waals surface area contributed by atoms with E-state index in [-0.39, 0.29) is 25.3 Å². The van der Waals surface area contributed by atoms with Crippen molar-refractivity contribution in [3.63, 3.8) is 0 Å². The Kier molecular flexibility index (Phi) is 9.48. The number of amides is 3. The van der Waals surface area contributed by atoms with Crippen molar-refractivity contribution in [1.29, 1.82) is 0 Å². The van der Waals surface area contributed by atoms with Crippen LogP contribution in [0.4, 0.5) is 0 Å². The number of hydrogen-bond donors (Lipinski definition) is 4. The first kappa shape index (κ1) is 35.2. The zero-order chi connectivity index (χ0) is 37.4. The van der Waals surface area contributed by atoms with E-state index in [9.17, 15) is 24.3 Å². The molecule has 1 saturated heterocycles. The molecule has 3 aliphatic rings. The molecule has 0 spiro atoms. The number of carboxylic acid groups (broad SMARTS) is 1. The van der Waals surface area contributed by atoms with Gasteiger partial charge in [0.05, 0.1) is 18.7 Å². The van der Waals surface area contributed by atoms with Gasteiger partial charge in [0.25, 0.3) is 5.91 Å². The number of ether oxygens (including phenoxy) is 1. The lowest BCUT2D eigenvalue weighted by molar-refractivity contribution is -0.145. The Hall–Kier alpha value is -5.83. The second-order valence-electron chi connectivity index (χ2n) is 14.1. The Bertz CT molecular complexity index is 2230. The molecule has 3 amide bonds. The molecule has 2 aliphatic heterocycles. The molecule has 4 N–H and O–H groups in total. The number of carboxylic acids is 1. The number of aromatic amines is 1. The molecule has 2 aromatic carbocycles. The molecule has 14 nitrogen and oxygen atoms in total. The minimum absolute atomic E-state index is 0.0633. The van der Waals surface area contributed by atoms with Gasteiger partial charge in [-0.25, -0.2) is 9.78 Å². The summed E-state index contributed by atoms with van der Waals surface area (Å²) in [6.45, 7) is 0.0633. The summed E-state index contributed by atoms with van der Waals surface area (Å²) in [4.78, 5) is 66.0. The first-order valence-corrected chi connectivity index (χ1v) is 19.0. The van der Waals surface area contributed by atoms with Gasteiger partial charge in [0.1, 0.15) is 39.8 Å². The Balaban J connectivity index is 1.14. The molecule has 5 heterocycles. The van der Waals surface area contributed by atoms with E-state index in [0.717, 1.165) is 35.7 Å². The topological polar surface area (TPSA) is 184 Å². The standard InChI is InChI=1S/C39H40N8O6S/c1-53-26-15-13-23(14-16-26)32-33(36-40-17-18-54-36)45-47(44-32)25-19-31-35(49)43-39(38(51)52)20-24(39)9-5-3-2-4-6-12-30(37(50)46(31)22-25)42-34(48)28-21-41-29-11-8-7-10-27(28)29/h5,7-11,13-18,21,24-25,30-31,41H,2-4,6,12,19-20,22H2,1H3,(H,42,48)(H,43,49)(H,51,52)/b9-5-/t24-,25+,30+,31-,39-/m0/s1. The normalized spacial score (nSPS) is 25.2. The van der Waals surface area contributed by atoms with Gasteiger partial charge >= 0.3 is 5.97 Å². The number of nitrogens with one attached hydrogen (secondary N) is 3. The fourth-order valence-corrected chi connectivity index (χ4v) is 8.28. The molecule has 5 atom stereocenters. The van der Waals surface area contributed by atoms with Crippen molar-refractivity contribution in [3.8, 4) is 27.7 Å². The smallest absolute Gasteiger partial charge is 0.330 e. The highest BCUT2D eigenvalue weighted by molar-refractivity contribution is 7.13. The van der Waals surface area contributed by atoms with Crippen LogP contribution in [0.15, 0.2) is 78.5 Å². The Morgan fingerprint density at radius 2 is 1.87 bits per heavy atom. The molecule has 1 aliphatic carbocycles. The lowest BCUT2D eigenvalue weighted by Crippen LogP contribution is -2.56. The number of thiazole rings is 1. The van der Waals surface area contributed by atoms with Crippen LogP contribution in [0.5, 0.6) is 5.75 Å². The van der Waals surface area contributed by atoms with Gasteiger partial charge in [-0.1, -0.05) is 43.2 Å². The number of carbonyl (C=O) groups excluding carboxylic acids is 3. The number of aliphatic carboxylic acids is 1. The summed E-state index contributed by atoms with van der Waals surface area (Å²) < 4.78 is 5.35. The van der Waals surface area contributed by atoms with Crippen molar-refractivity contribution < 1.29 is 29.0 Å². The number of rotatable bonds is 7. The second-order valence-corrected chi connectivity index (χ2v) is 15.0. The number of carbonyl (C=O) groups is 4. The van der Waals surface area contributed by atoms with Crippen LogP contribution in [0.2, 0.25) is 0 Å². The van der Waals surface area contributed by atoms with E-state index in [1.54, 1.807) is 19.5 Å². The Labute approximate surface area is 314 Å². The third-order valence-corrected chi connectivity index (χ3v) is 11.5. The summed E-state index contributed by atoms with van der Waals surface area (Å²) in [6.07, 6.45) is 11.0. The van der Waals surface area contributed by atoms with Crippen molar-refractivity contribution in [2.45, 2.75) is 68.6 Å². The monoisotopic (exact) mass is 748 g/mol. The van der Waals surface area contributed by atoms with Gasteiger partial charge in [-0.15, -0.1) is 16.4 Å². The zero-order valence-corrected chi connectivity index (χ0v) is 30.4. The maximum absolute atomic E-state index is 14.7. The maximum atomic E-state index is 14.7. The van der Waals surface area contributed by atoms with Crippen LogP contribution in [0, 0.1) is 5.92 Å². The number of para-hydroxylation sites is 1. The third-order valence-electron chi connectivity index (χ3n) is 10.7. The molecule has 3 aromatic heterocycles. The zero-order valence-electron chi connectivity index (χ0n) is 29.6. The number of hydrogen-bond acceptors (Lipinski definition) is 9. The van der Waals surface area contributed by atoms with Gasteiger partial charge in [-0.3, -0.25) is 14.4 Å². The highest BCUT2D eigenvalue weighted by Gasteiger charge is 2.61. The summed E-state index contributed by atoms with van der Waals surface area (Å²) in [5.74, 6) is -2.17. The molecule has 0 bridgehead atoms. The van der Waals surface area contributed by atoms with Crippen molar-refractivity contribution in [2.75, 3.05) is 13.7 Å². The van der Waals surface area contributed by atoms with Gasteiger partial charge in [0.15, 0.2) is 0 Å². The van der Waals surface area contributed by atoms with Gasteiger partial charge < -0.3 is 30.4 Å². The minimum Gasteiger partial charge on any atom is -0.497 e. The molecule has 2 fully saturated rings. The van der Waals surface area contributed by atoms with Crippen LogP contribution in [0.1, 0.15) is 61.3 Å². The van der Waals surface area contributed by atoms with E-state index in [4.69, 9.17) is 14.9 Å². The molecule has 1 saturated carbocycles. The van der Waals surface area contributed by atoms with Crippen LogP contribution in [-0.4, -0.2) is 89.9 Å². The maximum Gasteiger partial charge on any atom is 0.330 e. The van der Waals surface area contributed by atoms with Crippen molar-refractivity contribution >= 4 is 45.9 Å². The fraction of sp³-hybridized carbons (Fsp3) is 0.359. The Morgan fingerprint density at radius 1 is 1.06 bits per heavy atom. The molecule has 8 rings (SSSR count). The van der Waals surface area contributed by atoms with Crippen LogP contribution >= 0.6 is 11.3 Å². The fourth-order valence-electron chi connectivity index (χ4n) is 7.65. The third kappa shape index (κ3) is 6.63. The van der Waals surface area contributed by atoms with E-state index in [1.165, 1.54) is 21.0 Å². The van der Waals surface area contributed by atoms with Gasteiger partial charge in [0, 0.05) is 53.1 Å². The molecular weight excluding hydrogens is 709 g/mol. The number of allylic oxidation sites excluding steroid dienone is 1. The number of H-pyrrole nitrogens is 1. The molecule has 0 unspecified atom stereocenters. The van der Waals surface area contributed by atoms with Crippen molar-refractivity contribution in [3.05, 3.63) is 84.0 Å². The lowest BCUT2D eigenvalue weighted by atomic mass is 10.0. The molecule has 5 aromatic rings. The first-order chi connectivity index (χ1) is 26.3. The summed E-state index contributed by atoms with van der Waals surface area (Å²) in [5, 5.41) is 29.1. The van der Waals surface area contributed by atoms with Gasteiger partial charge in [-0.05, 0) is 56.0 Å². The number of methoxy groups -OCH3 is 1. The predicted molar refractivity (Wildman–Crippen MR) is 201 cm³/mol. The van der Waals surface area contributed by atoms with Gasteiger partial charge in [-0.2, -0.15) is 9.90 Å². The van der Waals surface area contributed by atoms with Crippen LogP contribution in [0.3, 0.4) is 0 Å². The highest BCUT2D eigenvalue weighted by atomic mass is 32.1. The van der Waals surface area contributed by atoms with Crippen molar-refractivity contribution in [2.24, 2.45) is 5.92 Å². The molecule has 15 heteroatoms. The Morgan fingerprint density at radius 3 is 2.65 bits per heavy atom. The van der Waals surface area contributed by atoms with Crippen LogP contribution < -0.4 is 15.4 Å². The van der Waals surface area contributed by atoms with Gasteiger partial charge in [0.2, 0.25) is 11.8 Å². The summed E-state index contributed by atoms with van der Waals surface area (Å²) in [6, 6.07) is 12.4. The summed E-state index contributed by atoms with van der Waals surface area (Å²) in [7, 11) is 1.59. The second kappa shape index (κ2) is 14.5. The molecule has 54 heavy (non-hydrogen) atoms. The number of fused-ring (bicyclic) bond motifs is 3. The molecule has 278 valence electrons. The van der Waals surface area contributed by atoms with E-state index in [2.05, 4.69) is 20.6 Å². The number of nitrogens with zero attached hydrogens (tertiary/aromatic N) is 5. The van der Waals surface area contributed by atoms with Crippen LogP contribution in [0.25, 0.3) is 32.9 Å². The average molecular weight is 749 g/mol. The highest BCUT2D eigenvalue weighted by Crippen LogP contribution is 2.46. The van der Waals surface area contributed by atoms with E-state index in [0.29, 0.717) is 40.6 Å². The van der Waals surface area contributed by atoms with Crippen molar-refractivity contribution in [1.82, 2.24) is 40.5 Å². The molecular formula is C39H40N8O6S. The minimum atomic E-state index is -1.45. The van der Waals surface area contributed by atoms with E-state index >= 15 is 0 Å². The molecule has 0 radical (unpaired) electrons. The largest absolute Gasteiger partial charge is 0.497 e. The van der Waals surface area contributed by atoms with E-state index in [1.807, 2.05) is 66.1 Å². The van der Waals surface area contributed by atoms with E-state index < -0.39 is 47.4 Å². The first-order valence-electron chi connectivity index (χ1n) is 18.2. The SMILES string of the molecule is COc1ccc(-c2nn([C@@H]3C[C@H]4C(=O)N[C@@]5(C(=O)O)C[C@@H]5/C=C\CCCCC[C@@H](NC(=O)c5c[nH]c6ccccc56)C(=O)N4C3)nc2-c2nccs2)cc1. The number of benzene rings is 2. The summed E-state index contributed by atoms with van der Waals surface area (Å²) >= 11 is 1.42. The van der Waals surface area contributed by atoms with Crippen LogP contribution in [-0.2, 0) is 14.4 Å². The predicted octanol–water partition coefficient (Wildman–Crippen LogP) is 4.98. The summed E-state index contributed by atoms with van der Waals surface area (Å²) in [5.41, 5.74) is 1.67. The average Bonchev–Trinajstić information content (AvgIpc) is 3.79. The quantitative estimate of drug-likeness (QED) is 0.167. The lowest BCUT2D eigenvalue weighted by Gasteiger charge is -2.29.